The molecule has 0 spiro atoms. The van der Waals surface area contributed by atoms with E-state index in [0.717, 1.165) is 5.69 Å². The summed E-state index contributed by atoms with van der Waals surface area (Å²) < 4.78 is 0. The van der Waals surface area contributed by atoms with Gasteiger partial charge in [0.25, 0.3) is 0 Å². The van der Waals surface area contributed by atoms with Crippen LogP contribution < -0.4 is 0 Å². The van der Waals surface area contributed by atoms with Crippen LogP contribution in [0.2, 0.25) is 0 Å². The highest BCUT2D eigenvalue weighted by Crippen LogP contribution is 2.38. The Morgan fingerprint density at radius 2 is 2.07 bits per heavy atom. The van der Waals surface area contributed by atoms with Crippen LogP contribution in [-0.2, 0) is 0 Å². The first kappa shape index (κ1) is 10.5. The number of aromatic amines is 1. The molecule has 15 heavy (non-hydrogen) atoms. The number of nitrogens with one attached hydrogen (secondary N) is 1. The third kappa shape index (κ3) is 1.99. The second-order valence-corrected chi connectivity index (χ2v) is 5.41. The van der Waals surface area contributed by atoms with E-state index < -0.39 is 0 Å². The molecule has 0 aliphatic heterocycles. The Morgan fingerprint density at radius 1 is 1.33 bits per heavy atom. The monoisotopic (exact) mass is 204 g/mol. The average molecular weight is 204 g/mol. The molecule has 0 unspecified atom stereocenters. The third-order valence-electron chi connectivity index (χ3n) is 3.42. The molecule has 82 valence electrons. The van der Waals surface area contributed by atoms with Crippen molar-refractivity contribution in [3.8, 4) is 0 Å². The molecule has 2 heteroatoms. The molecule has 2 nitrogen and oxygen atoms in total. The zero-order chi connectivity index (χ0) is 11.1. The van der Waals surface area contributed by atoms with Crippen molar-refractivity contribution in [2.75, 3.05) is 0 Å². The van der Waals surface area contributed by atoms with Crippen molar-refractivity contribution in [1.82, 2.24) is 10.2 Å². The van der Waals surface area contributed by atoms with Gasteiger partial charge in [0.1, 0.15) is 0 Å². The van der Waals surface area contributed by atoms with E-state index in [0.29, 0.717) is 5.41 Å². The van der Waals surface area contributed by atoms with Gasteiger partial charge in [-0.1, -0.05) is 19.9 Å². The summed E-state index contributed by atoms with van der Waals surface area (Å²) in [6.45, 7) is 8.88. The highest BCUT2D eigenvalue weighted by atomic mass is 15.1. The van der Waals surface area contributed by atoms with Crippen molar-refractivity contribution < 1.29 is 0 Å². The average Bonchev–Trinajstić information content (AvgIpc) is 2.48. The molecular formula is C13H20N2. The van der Waals surface area contributed by atoms with Crippen molar-refractivity contribution in [2.45, 2.75) is 47.0 Å². The normalized spacial score (nSPS) is 20.1. The first-order chi connectivity index (χ1) is 6.99. The van der Waals surface area contributed by atoms with E-state index in [1.165, 1.54) is 36.1 Å². The molecule has 0 aromatic carbocycles. The van der Waals surface area contributed by atoms with Crippen LogP contribution in [0.4, 0.5) is 0 Å². The lowest BCUT2D eigenvalue weighted by Crippen LogP contribution is -2.14. The van der Waals surface area contributed by atoms with Gasteiger partial charge >= 0.3 is 0 Å². The summed E-state index contributed by atoms with van der Waals surface area (Å²) in [6.07, 6.45) is 6.05. The first-order valence-electron chi connectivity index (χ1n) is 5.70. The second kappa shape index (κ2) is 3.51. The Kier molecular flexibility index (Phi) is 2.45. The Hall–Kier alpha value is -1.05. The van der Waals surface area contributed by atoms with Crippen LogP contribution >= 0.6 is 0 Å². The third-order valence-corrected chi connectivity index (χ3v) is 3.42. The molecule has 0 fully saturated rings. The molecule has 1 aromatic heterocycles. The van der Waals surface area contributed by atoms with Gasteiger partial charge in [-0.3, -0.25) is 5.10 Å². The number of hydrogen-bond donors (Lipinski definition) is 1. The number of nitrogens with zero attached hydrogens (tertiary/aromatic N) is 1. The predicted molar refractivity (Wildman–Crippen MR) is 63.7 cm³/mol. The Balaban J connectivity index is 2.31. The van der Waals surface area contributed by atoms with Crippen LogP contribution in [-0.4, -0.2) is 10.2 Å². The van der Waals surface area contributed by atoms with Gasteiger partial charge in [0.2, 0.25) is 0 Å². The molecule has 0 bridgehead atoms. The van der Waals surface area contributed by atoms with Crippen molar-refractivity contribution >= 4 is 5.57 Å². The van der Waals surface area contributed by atoms with Gasteiger partial charge in [0.05, 0.1) is 5.69 Å². The van der Waals surface area contributed by atoms with E-state index >= 15 is 0 Å². The van der Waals surface area contributed by atoms with Gasteiger partial charge in [-0.2, -0.15) is 5.10 Å². The summed E-state index contributed by atoms with van der Waals surface area (Å²) in [5.74, 6) is 0. The molecule has 0 saturated carbocycles. The maximum absolute atomic E-state index is 4.26. The van der Waals surface area contributed by atoms with Crippen LogP contribution in [0.1, 0.15) is 50.1 Å². The fourth-order valence-electron chi connectivity index (χ4n) is 2.33. The number of allylic oxidation sites excluding steroid dienone is 2. The minimum atomic E-state index is 0.481. The van der Waals surface area contributed by atoms with E-state index in [1.54, 1.807) is 0 Å². The molecule has 2 rings (SSSR count). The lowest BCUT2D eigenvalue weighted by atomic mass is 9.77. The fourth-order valence-corrected chi connectivity index (χ4v) is 2.33. The highest BCUT2D eigenvalue weighted by molar-refractivity contribution is 5.69. The molecule has 1 heterocycles. The summed E-state index contributed by atoms with van der Waals surface area (Å²) in [7, 11) is 0. The van der Waals surface area contributed by atoms with Crippen molar-refractivity contribution in [1.29, 1.82) is 0 Å². The molecule has 1 aliphatic carbocycles. The number of rotatable bonds is 1. The van der Waals surface area contributed by atoms with Gasteiger partial charge in [0.15, 0.2) is 0 Å². The van der Waals surface area contributed by atoms with Gasteiger partial charge in [0, 0.05) is 11.3 Å². The Morgan fingerprint density at radius 3 is 2.53 bits per heavy atom. The largest absolute Gasteiger partial charge is 0.282 e. The van der Waals surface area contributed by atoms with E-state index in [2.05, 4.69) is 44.0 Å². The predicted octanol–water partition coefficient (Wildman–Crippen LogP) is 3.62. The van der Waals surface area contributed by atoms with Crippen molar-refractivity contribution in [3.05, 3.63) is 23.0 Å². The van der Waals surface area contributed by atoms with Crippen LogP contribution in [0, 0.1) is 19.3 Å². The second-order valence-electron chi connectivity index (χ2n) is 5.41. The van der Waals surface area contributed by atoms with E-state index in [4.69, 9.17) is 0 Å². The van der Waals surface area contributed by atoms with E-state index in [9.17, 15) is 0 Å². The number of hydrogen-bond acceptors (Lipinski definition) is 1. The highest BCUT2D eigenvalue weighted by Gasteiger charge is 2.23. The SMILES string of the molecule is Cc1n[nH]c(C)c1C1=CCC(C)(C)CC1. The minimum absolute atomic E-state index is 0.481. The topological polar surface area (TPSA) is 28.7 Å². The fraction of sp³-hybridized carbons (Fsp3) is 0.615. The molecule has 0 saturated heterocycles. The maximum Gasteiger partial charge on any atom is 0.0669 e. The number of aromatic nitrogens is 2. The summed E-state index contributed by atoms with van der Waals surface area (Å²) in [5.41, 5.74) is 5.66. The number of aryl methyl sites for hydroxylation is 2. The van der Waals surface area contributed by atoms with Gasteiger partial charge in [-0.05, 0) is 44.1 Å². The lowest BCUT2D eigenvalue weighted by molar-refractivity contribution is 0.335. The van der Waals surface area contributed by atoms with Gasteiger partial charge in [-0.25, -0.2) is 0 Å². The van der Waals surface area contributed by atoms with Crippen LogP contribution in [0.15, 0.2) is 6.08 Å². The summed E-state index contributed by atoms with van der Waals surface area (Å²) >= 11 is 0. The Bertz CT molecular complexity index is 377. The van der Waals surface area contributed by atoms with Gasteiger partial charge < -0.3 is 0 Å². The zero-order valence-corrected chi connectivity index (χ0v) is 10.1. The van der Waals surface area contributed by atoms with Crippen molar-refractivity contribution in [2.24, 2.45) is 5.41 Å². The van der Waals surface area contributed by atoms with Crippen LogP contribution in [0.25, 0.3) is 5.57 Å². The minimum Gasteiger partial charge on any atom is -0.282 e. The smallest absolute Gasteiger partial charge is 0.0669 e. The van der Waals surface area contributed by atoms with Crippen LogP contribution in [0.5, 0.6) is 0 Å². The summed E-state index contributed by atoms with van der Waals surface area (Å²) in [4.78, 5) is 0. The molecule has 1 aromatic rings. The van der Waals surface area contributed by atoms with Crippen LogP contribution in [0.3, 0.4) is 0 Å². The molecule has 1 N–H and O–H groups in total. The summed E-state index contributed by atoms with van der Waals surface area (Å²) in [5, 5.41) is 7.33. The number of H-pyrrole nitrogens is 1. The Labute approximate surface area is 91.8 Å². The zero-order valence-electron chi connectivity index (χ0n) is 10.1. The molecule has 0 atom stereocenters. The standard InChI is InChI=1S/C13H20N2/c1-9-12(10(2)15-14-9)11-5-7-13(3,4)8-6-11/h5H,6-8H2,1-4H3,(H,14,15). The molecule has 0 amide bonds. The first-order valence-corrected chi connectivity index (χ1v) is 5.70. The quantitative estimate of drug-likeness (QED) is 0.743. The van der Waals surface area contributed by atoms with Crippen molar-refractivity contribution in [3.63, 3.8) is 0 Å². The lowest BCUT2D eigenvalue weighted by Gasteiger charge is -2.28. The molecular weight excluding hydrogens is 184 g/mol. The van der Waals surface area contributed by atoms with Gasteiger partial charge in [-0.15, -0.1) is 0 Å². The van der Waals surface area contributed by atoms with E-state index in [1.807, 2.05) is 0 Å². The molecule has 0 radical (unpaired) electrons. The maximum atomic E-state index is 4.26. The van der Waals surface area contributed by atoms with E-state index in [-0.39, 0.29) is 0 Å². The summed E-state index contributed by atoms with van der Waals surface area (Å²) in [6, 6.07) is 0. The molecule has 1 aliphatic rings.